The van der Waals surface area contributed by atoms with Crippen molar-refractivity contribution in [1.29, 1.82) is 0 Å². The smallest absolute Gasteiger partial charge is 0.329 e. The van der Waals surface area contributed by atoms with E-state index in [-0.39, 0.29) is 11.6 Å². The van der Waals surface area contributed by atoms with Crippen LogP contribution in [-0.2, 0) is 9.53 Å². The molecule has 108 valence electrons. The van der Waals surface area contributed by atoms with Gasteiger partial charge in [-0.05, 0) is 26.7 Å². The molecule has 0 aliphatic carbocycles. The van der Waals surface area contributed by atoms with Crippen LogP contribution in [0.15, 0.2) is 0 Å². The van der Waals surface area contributed by atoms with E-state index in [0.717, 1.165) is 12.8 Å². The van der Waals surface area contributed by atoms with Gasteiger partial charge in [0.25, 0.3) is 0 Å². The quantitative estimate of drug-likeness (QED) is 0.790. The van der Waals surface area contributed by atoms with Crippen LogP contribution in [-0.4, -0.2) is 52.8 Å². The Bertz CT molecular complexity index is 375. The summed E-state index contributed by atoms with van der Waals surface area (Å²) in [5.74, 6) is -0.971. The first-order chi connectivity index (χ1) is 8.87. The van der Waals surface area contributed by atoms with Gasteiger partial charge in [0.05, 0.1) is 0 Å². The van der Waals surface area contributed by atoms with Gasteiger partial charge in [0.2, 0.25) is 0 Å². The number of nitrogens with one attached hydrogen (secondary N) is 1. The molecule has 0 aromatic carbocycles. The highest BCUT2D eigenvalue weighted by Crippen LogP contribution is 2.29. The summed E-state index contributed by atoms with van der Waals surface area (Å²) in [7, 11) is 0. The fraction of sp³-hybridized carbons (Fsp3) is 0.846. The van der Waals surface area contributed by atoms with Crippen molar-refractivity contribution in [3.8, 4) is 0 Å². The monoisotopic (exact) mass is 270 g/mol. The van der Waals surface area contributed by atoms with Crippen molar-refractivity contribution < 1.29 is 19.4 Å². The number of hydrogen-bond donors (Lipinski definition) is 2. The van der Waals surface area contributed by atoms with Gasteiger partial charge in [0.15, 0.2) is 0 Å². The number of carbonyl (C=O) groups is 2. The number of carbonyl (C=O) groups excluding carboxylic acids is 1. The first kappa shape index (κ1) is 14.1. The van der Waals surface area contributed by atoms with Gasteiger partial charge >= 0.3 is 12.0 Å². The molecule has 0 unspecified atom stereocenters. The first-order valence-electron chi connectivity index (χ1n) is 6.78. The second-order valence-electron chi connectivity index (χ2n) is 6.00. The number of hydrogen-bond acceptors (Lipinski definition) is 3. The molecule has 0 aromatic heterocycles. The van der Waals surface area contributed by atoms with E-state index in [4.69, 9.17) is 4.74 Å². The summed E-state index contributed by atoms with van der Waals surface area (Å²) in [5, 5.41) is 12.2. The molecule has 2 saturated heterocycles. The first-order valence-corrected chi connectivity index (χ1v) is 6.78. The summed E-state index contributed by atoms with van der Waals surface area (Å²) in [6, 6.07) is -0.271. The van der Waals surface area contributed by atoms with Crippen LogP contribution in [0.25, 0.3) is 0 Å². The summed E-state index contributed by atoms with van der Waals surface area (Å²) >= 11 is 0. The fourth-order valence-electron chi connectivity index (χ4n) is 2.87. The number of amides is 2. The average molecular weight is 270 g/mol. The molecule has 0 saturated carbocycles. The molecule has 2 aliphatic rings. The average Bonchev–Trinajstić information content (AvgIpc) is 2.70. The van der Waals surface area contributed by atoms with Crippen LogP contribution < -0.4 is 5.32 Å². The number of nitrogens with zero attached hydrogens (tertiary/aromatic N) is 1. The topological polar surface area (TPSA) is 78.9 Å². The minimum Gasteiger partial charge on any atom is -0.480 e. The predicted octanol–water partition coefficient (Wildman–Crippen LogP) is 1.20. The zero-order valence-corrected chi connectivity index (χ0v) is 11.6. The molecule has 2 N–H and O–H groups in total. The van der Waals surface area contributed by atoms with Crippen LogP contribution in [0.1, 0.15) is 39.5 Å². The van der Waals surface area contributed by atoms with Crippen LogP contribution in [0.3, 0.4) is 0 Å². The number of likely N-dealkylation sites (tertiary alicyclic amines) is 1. The Morgan fingerprint density at radius 2 is 1.84 bits per heavy atom. The number of ether oxygens (including phenoxy) is 1. The van der Waals surface area contributed by atoms with Crippen molar-refractivity contribution in [2.45, 2.75) is 50.6 Å². The SMILES string of the molecule is CC1(C)CCCN1C(=O)NC1(C(=O)O)CCOCC1. The van der Waals surface area contributed by atoms with Gasteiger partial charge in [0.1, 0.15) is 5.54 Å². The maximum Gasteiger partial charge on any atom is 0.329 e. The van der Waals surface area contributed by atoms with Crippen LogP contribution in [0, 0.1) is 0 Å². The highest BCUT2D eigenvalue weighted by Gasteiger charge is 2.44. The molecule has 0 spiro atoms. The van der Waals surface area contributed by atoms with Gasteiger partial charge in [-0.1, -0.05) is 0 Å². The molecule has 6 nitrogen and oxygen atoms in total. The Morgan fingerprint density at radius 3 is 2.32 bits per heavy atom. The van der Waals surface area contributed by atoms with Crippen LogP contribution in [0.2, 0.25) is 0 Å². The molecule has 2 fully saturated rings. The van der Waals surface area contributed by atoms with Gasteiger partial charge in [-0.15, -0.1) is 0 Å². The standard InChI is InChI=1S/C13H22N2O4/c1-12(2)4-3-7-15(12)11(18)14-13(10(16)17)5-8-19-9-6-13/h3-9H2,1-2H3,(H,14,18)(H,16,17). The molecule has 0 atom stereocenters. The summed E-state index contributed by atoms with van der Waals surface area (Å²) in [5.41, 5.74) is -1.37. The number of aliphatic carboxylic acids is 1. The third kappa shape index (κ3) is 2.68. The van der Waals surface area contributed by atoms with E-state index in [2.05, 4.69) is 5.32 Å². The van der Waals surface area contributed by atoms with Gasteiger partial charge in [-0.3, -0.25) is 0 Å². The lowest BCUT2D eigenvalue weighted by Gasteiger charge is -2.38. The number of rotatable bonds is 2. The van der Waals surface area contributed by atoms with Gasteiger partial charge < -0.3 is 20.1 Å². The van der Waals surface area contributed by atoms with Crippen molar-refractivity contribution in [3.05, 3.63) is 0 Å². The van der Waals surface area contributed by atoms with Gasteiger partial charge in [0, 0.05) is 38.1 Å². The van der Waals surface area contributed by atoms with Gasteiger partial charge in [-0.25, -0.2) is 9.59 Å². The van der Waals surface area contributed by atoms with E-state index in [1.54, 1.807) is 4.90 Å². The molecule has 6 heteroatoms. The fourth-order valence-corrected chi connectivity index (χ4v) is 2.87. The maximum absolute atomic E-state index is 12.3. The van der Waals surface area contributed by atoms with Crippen LogP contribution in [0.4, 0.5) is 4.79 Å². The predicted molar refractivity (Wildman–Crippen MR) is 69.0 cm³/mol. The zero-order chi connectivity index (χ0) is 14.1. The van der Waals surface area contributed by atoms with E-state index in [9.17, 15) is 14.7 Å². The van der Waals surface area contributed by atoms with E-state index in [1.807, 2.05) is 13.8 Å². The molecule has 0 aromatic rings. The number of carboxylic acid groups (broad SMARTS) is 1. The van der Waals surface area contributed by atoms with E-state index in [0.29, 0.717) is 32.6 Å². The Balaban J connectivity index is 2.09. The van der Waals surface area contributed by atoms with E-state index < -0.39 is 11.5 Å². The molecule has 2 rings (SSSR count). The summed E-state index contributed by atoms with van der Waals surface area (Å²) < 4.78 is 5.19. The third-order valence-electron chi connectivity index (χ3n) is 4.25. The molecule has 19 heavy (non-hydrogen) atoms. The zero-order valence-electron chi connectivity index (χ0n) is 11.6. The van der Waals surface area contributed by atoms with E-state index in [1.165, 1.54) is 0 Å². The molecule has 2 heterocycles. The van der Waals surface area contributed by atoms with Crippen LogP contribution >= 0.6 is 0 Å². The lowest BCUT2D eigenvalue weighted by molar-refractivity contribution is -0.148. The third-order valence-corrected chi connectivity index (χ3v) is 4.25. The number of urea groups is 1. The van der Waals surface area contributed by atoms with Crippen LogP contribution in [0.5, 0.6) is 0 Å². The van der Waals surface area contributed by atoms with E-state index >= 15 is 0 Å². The second kappa shape index (κ2) is 5.00. The van der Waals surface area contributed by atoms with Crippen molar-refractivity contribution >= 4 is 12.0 Å². The van der Waals surface area contributed by atoms with Crippen molar-refractivity contribution in [2.75, 3.05) is 19.8 Å². The summed E-state index contributed by atoms with van der Waals surface area (Å²) in [6.07, 6.45) is 2.55. The van der Waals surface area contributed by atoms with Crippen molar-refractivity contribution in [3.63, 3.8) is 0 Å². The lowest BCUT2D eigenvalue weighted by atomic mass is 9.90. The molecular weight excluding hydrogens is 248 g/mol. The largest absolute Gasteiger partial charge is 0.480 e. The minimum atomic E-state index is -1.17. The molecule has 2 amide bonds. The maximum atomic E-state index is 12.3. The molecule has 0 radical (unpaired) electrons. The number of carboxylic acids is 1. The lowest BCUT2D eigenvalue weighted by Crippen LogP contribution is -2.61. The highest BCUT2D eigenvalue weighted by molar-refractivity contribution is 5.86. The second-order valence-corrected chi connectivity index (χ2v) is 6.00. The van der Waals surface area contributed by atoms with Gasteiger partial charge in [-0.2, -0.15) is 0 Å². The molecule has 0 bridgehead atoms. The summed E-state index contributed by atoms with van der Waals surface area (Å²) in [6.45, 7) is 5.45. The minimum absolute atomic E-state index is 0.199. The Hall–Kier alpha value is -1.30. The summed E-state index contributed by atoms with van der Waals surface area (Å²) in [4.78, 5) is 25.6. The van der Waals surface area contributed by atoms with Crippen molar-refractivity contribution in [2.24, 2.45) is 0 Å². The normalized spacial score (nSPS) is 25.1. The Labute approximate surface area is 113 Å². The van der Waals surface area contributed by atoms with Crippen molar-refractivity contribution in [1.82, 2.24) is 10.2 Å². The Morgan fingerprint density at radius 1 is 1.21 bits per heavy atom. The molecule has 2 aliphatic heterocycles. The Kier molecular flexibility index (Phi) is 3.71. The molecular formula is C13H22N2O4. The highest BCUT2D eigenvalue weighted by atomic mass is 16.5.